The Morgan fingerprint density at radius 1 is 1.50 bits per heavy atom. The van der Waals surface area contributed by atoms with Crippen LogP contribution in [0.2, 0.25) is 0 Å². The van der Waals surface area contributed by atoms with E-state index in [-0.39, 0.29) is 5.84 Å². The van der Waals surface area contributed by atoms with Crippen LogP contribution >= 0.6 is 27.7 Å². The highest BCUT2D eigenvalue weighted by atomic mass is 79.9. The van der Waals surface area contributed by atoms with Gasteiger partial charge in [0, 0.05) is 14.9 Å². The molecule has 2 nitrogen and oxygen atoms in total. The van der Waals surface area contributed by atoms with Crippen LogP contribution in [0.4, 0.5) is 0 Å². The second-order valence-corrected chi connectivity index (χ2v) is 6.05. The Balaban J connectivity index is 2.79. The summed E-state index contributed by atoms with van der Waals surface area (Å²) in [6, 6.07) is 5.92. The minimum Gasteiger partial charge on any atom is -0.384 e. The Kier molecular flexibility index (Phi) is 5.35. The van der Waals surface area contributed by atoms with Crippen molar-refractivity contribution in [3.8, 4) is 0 Å². The first-order valence-electron chi connectivity index (χ1n) is 5.28. The molecule has 0 unspecified atom stereocenters. The van der Waals surface area contributed by atoms with Crippen molar-refractivity contribution in [2.45, 2.75) is 25.2 Å². The molecule has 0 aliphatic rings. The van der Waals surface area contributed by atoms with Crippen LogP contribution in [0.1, 0.15) is 25.8 Å². The van der Waals surface area contributed by atoms with Crippen molar-refractivity contribution < 1.29 is 0 Å². The highest BCUT2D eigenvalue weighted by Crippen LogP contribution is 2.29. The quantitative estimate of drug-likeness (QED) is 0.493. The van der Waals surface area contributed by atoms with Gasteiger partial charge >= 0.3 is 0 Å². The summed E-state index contributed by atoms with van der Waals surface area (Å²) in [5.74, 6) is 1.90. The zero-order valence-electron chi connectivity index (χ0n) is 9.59. The Morgan fingerprint density at radius 2 is 2.19 bits per heavy atom. The van der Waals surface area contributed by atoms with Crippen LogP contribution in [0.3, 0.4) is 0 Å². The monoisotopic (exact) mass is 300 g/mol. The van der Waals surface area contributed by atoms with Crippen molar-refractivity contribution in [1.29, 1.82) is 5.41 Å². The number of hydrogen-bond donors (Lipinski definition) is 2. The maximum absolute atomic E-state index is 7.57. The van der Waals surface area contributed by atoms with Gasteiger partial charge in [0.2, 0.25) is 0 Å². The first-order valence-corrected chi connectivity index (χ1v) is 7.06. The molecule has 0 radical (unpaired) electrons. The third kappa shape index (κ3) is 3.83. The minimum absolute atomic E-state index is 0.125. The topological polar surface area (TPSA) is 49.9 Å². The van der Waals surface area contributed by atoms with Crippen LogP contribution in [-0.4, -0.2) is 11.6 Å². The van der Waals surface area contributed by atoms with Crippen LogP contribution in [0.5, 0.6) is 0 Å². The van der Waals surface area contributed by atoms with Crippen molar-refractivity contribution in [3.05, 3.63) is 28.2 Å². The third-order valence-electron chi connectivity index (χ3n) is 2.20. The zero-order valence-corrected chi connectivity index (χ0v) is 12.0. The van der Waals surface area contributed by atoms with Crippen molar-refractivity contribution in [1.82, 2.24) is 0 Å². The fourth-order valence-corrected chi connectivity index (χ4v) is 3.35. The molecule has 0 atom stereocenters. The highest BCUT2D eigenvalue weighted by Gasteiger charge is 2.09. The standard InChI is InChI=1S/C12H17BrN2S/c1-8(2)6-7-16-10-5-3-4-9(13)11(10)12(14)15/h3-5,8H,6-7H2,1-2H3,(H3,14,15). The summed E-state index contributed by atoms with van der Waals surface area (Å²) < 4.78 is 0.898. The predicted octanol–water partition coefficient (Wildman–Crippen LogP) is 3.87. The van der Waals surface area contributed by atoms with E-state index in [0.717, 1.165) is 20.7 Å². The molecule has 0 fully saturated rings. The molecule has 16 heavy (non-hydrogen) atoms. The SMILES string of the molecule is CC(C)CCSc1cccc(Br)c1C(=N)N. The van der Waals surface area contributed by atoms with Crippen molar-refractivity contribution >= 4 is 33.5 Å². The smallest absolute Gasteiger partial charge is 0.125 e. The number of nitrogens with one attached hydrogen (secondary N) is 1. The normalized spacial score (nSPS) is 10.8. The van der Waals surface area contributed by atoms with Gasteiger partial charge < -0.3 is 5.73 Å². The molecule has 0 saturated carbocycles. The van der Waals surface area contributed by atoms with Gasteiger partial charge in [0.25, 0.3) is 0 Å². The fraction of sp³-hybridized carbons (Fsp3) is 0.417. The second-order valence-electron chi connectivity index (χ2n) is 4.06. The first-order chi connectivity index (χ1) is 7.52. The average molecular weight is 301 g/mol. The molecule has 0 aliphatic heterocycles. The molecular formula is C12H17BrN2S. The summed E-state index contributed by atoms with van der Waals surface area (Å²) in [5, 5.41) is 7.57. The van der Waals surface area contributed by atoms with E-state index in [1.165, 1.54) is 6.42 Å². The number of hydrogen-bond acceptors (Lipinski definition) is 2. The molecule has 1 rings (SSSR count). The summed E-state index contributed by atoms with van der Waals surface area (Å²) >= 11 is 5.20. The fourth-order valence-electron chi connectivity index (χ4n) is 1.29. The number of amidine groups is 1. The maximum Gasteiger partial charge on any atom is 0.125 e. The van der Waals surface area contributed by atoms with Gasteiger partial charge in [-0.1, -0.05) is 19.9 Å². The summed E-state index contributed by atoms with van der Waals surface area (Å²) in [7, 11) is 0. The molecule has 1 aromatic carbocycles. The minimum atomic E-state index is 0.125. The van der Waals surface area contributed by atoms with E-state index in [4.69, 9.17) is 11.1 Å². The first kappa shape index (κ1) is 13.6. The lowest BCUT2D eigenvalue weighted by atomic mass is 10.2. The Labute approximate surface area is 110 Å². The van der Waals surface area contributed by atoms with Gasteiger partial charge in [-0.05, 0) is 46.2 Å². The van der Waals surface area contributed by atoms with Crippen LogP contribution in [-0.2, 0) is 0 Å². The van der Waals surface area contributed by atoms with E-state index in [0.29, 0.717) is 5.92 Å². The molecule has 3 N–H and O–H groups in total. The van der Waals surface area contributed by atoms with E-state index in [9.17, 15) is 0 Å². The van der Waals surface area contributed by atoms with Crippen LogP contribution in [0.25, 0.3) is 0 Å². The van der Waals surface area contributed by atoms with E-state index in [2.05, 4.69) is 29.8 Å². The van der Waals surface area contributed by atoms with Gasteiger partial charge in [0.1, 0.15) is 5.84 Å². The highest BCUT2D eigenvalue weighted by molar-refractivity contribution is 9.10. The van der Waals surface area contributed by atoms with Crippen molar-refractivity contribution in [2.75, 3.05) is 5.75 Å². The Hall–Kier alpha value is -0.480. The maximum atomic E-state index is 7.57. The summed E-state index contributed by atoms with van der Waals surface area (Å²) in [6.07, 6.45) is 1.18. The molecule has 0 aliphatic carbocycles. The lowest BCUT2D eigenvalue weighted by Crippen LogP contribution is -2.13. The zero-order chi connectivity index (χ0) is 12.1. The molecule has 0 heterocycles. The van der Waals surface area contributed by atoms with Gasteiger partial charge in [-0.15, -0.1) is 11.8 Å². The largest absolute Gasteiger partial charge is 0.384 e. The lowest BCUT2D eigenvalue weighted by molar-refractivity contribution is 0.632. The van der Waals surface area contributed by atoms with Gasteiger partial charge in [0.05, 0.1) is 0 Å². The predicted molar refractivity (Wildman–Crippen MR) is 75.3 cm³/mol. The molecule has 0 amide bonds. The van der Waals surface area contributed by atoms with Crippen LogP contribution in [0, 0.1) is 11.3 Å². The molecule has 0 aromatic heterocycles. The molecule has 0 bridgehead atoms. The van der Waals surface area contributed by atoms with Crippen molar-refractivity contribution in [3.63, 3.8) is 0 Å². The Morgan fingerprint density at radius 3 is 2.75 bits per heavy atom. The van der Waals surface area contributed by atoms with Gasteiger partial charge in [-0.3, -0.25) is 5.41 Å². The number of nitrogen functional groups attached to an aromatic ring is 1. The molecular weight excluding hydrogens is 284 g/mol. The number of rotatable bonds is 5. The number of thioether (sulfide) groups is 1. The summed E-state index contributed by atoms with van der Waals surface area (Å²) in [5.41, 5.74) is 6.40. The number of benzene rings is 1. The van der Waals surface area contributed by atoms with Gasteiger partial charge in [-0.2, -0.15) is 0 Å². The van der Waals surface area contributed by atoms with Crippen LogP contribution in [0.15, 0.2) is 27.6 Å². The summed E-state index contributed by atoms with van der Waals surface area (Å²) in [4.78, 5) is 1.09. The average Bonchev–Trinajstić information content (AvgIpc) is 2.16. The number of nitrogens with two attached hydrogens (primary N) is 1. The van der Waals surface area contributed by atoms with E-state index >= 15 is 0 Å². The van der Waals surface area contributed by atoms with E-state index in [1.807, 2.05) is 18.2 Å². The lowest BCUT2D eigenvalue weighted by Gasteiger charge is -2.10. The van der Waals surface area contributed by atoms with E-state index < -0.39 is 0 Å². The Bertz CT molecular complexity index is 377. The number of halogens is 1. The third-order valence-corrected chi connectivity index (χ3v) is 3.95. The van der Waals surface area contributed by atoms with E-state index in [1.54, 1.807) is 11.8 Å². The molecule has 0 spiro atoms. The van der Waals surface area contributed by atoms with Crippen molar-refractivity contribution in [2.24, 2.45) is 11.7 Å². The molecule has 0 saturated heterocycles. The van der Waals surface area contributed by atoms with Crippen LogP contribution < -0.4 is 5.73 Å². The molecule has 88 valence electrons. The second kappa shape index (κ2) is 6.30. The molecule has 4 heteroatoms. The van der Waals surface area contributed by atoms with Gasteiger partial charge in [-0.25, -0.2) is 0 Å². The molecule has 1 aromatic rings. The van der Waals surface area contributed by atoms with Gasteiger partial charge in [0.15, 0.2) is 0 Å². The summed E-state index contributed by atoms with van der Waals surface area (Å²) in [6.45, 7) is 4.43.